The third-order valence-corrected chi connectivity index (χ3v) is 4.32. The fourth-order valence-electron chi connectivity index (χ4n) is 2.98. The second-order valence-corrected chi connectivity index (χ2v) is 6.98. The van der Waals surface area contributed by atoms with Gasteiger partial charge in [0.1, 0.15) is 6.73 Å². The first-order chi connectivity index (χ1) is 15.2. The second kappa shape index (κ2) is 12.3. The van der Waals surface area contributed by atoms with Gasteiger partial charge < -0.3 is 20.4 Å². The van der Waals surface area contributed by atoms with Crippen LogP contribution in [0.3, 0.4) is 0 Å². The lowest BCUT2D eigenvalue weighted by molar-refractivity contribution is 0.0628. The number of aliphatic hydroxyl groups is 2. The van der Waals surface area contributed by atoms with Gasteiger partial charge in [-0.1, -0.05) is 10.4 Å². The number of hydrazine groups is 2. The predicted octanol–water partition coefficient (Wildman–Crippen LogP) is -1.64. The van der Waals surface area contributed by atoms with E-state index in [0.717, 1.165) is 17.1 Å². The van der Waals surface area contributed by atoms with Crippen LogP contribution in [0.2, 0.25) is 0 Å². The minimum Gasteiger partial charge on any atom is -0.394 e. The molecule has 0 fully saturated rings. The smallest absolute Gasteiger partial charge is 0.141 e. The minimum atomic E-state index is -0.408. The van der Waals surface area contributed by atoms with Crippen molar-refractivity contribution in [3.8, 4) is 0 Å². The van der Waals surface area contributed by atoms with E-state index in [-0.39, 0.29) is 19.9 Å². The molecule has 0 aliphatic carbocycles. The summed E-state index contributed by atoms with van der Waals surface area (Å²) < 4.78 is 20.7. The monoisotopic (exact) mass is 440 g/mol. The molecule has 0 saturated heterocycles. The lowest BCUT2D eigenvalue weighted by Gasteiger charge is -2.20. The molecule has 0 spiro atoms. The Morgan fingerprint density at radius 1 is 1.00 bits per heavy atom. The number of aliphatic hydroxyl groups excluding tert-OH is 2. The fraction of sp³-hybridized carbons (Fsp3) is 0.647. The summed E-state index contributed by atoms with van der Waals surface area (Å²) in [5.74, 6) is 0. The standard InChI is InChI=1S/C17H29FN10O3/c18-2-1-7-31-14-28-13-17(21-24-28)10-25(8-15-11-26(3-5-29)22-19-15)9-16-12-27(4-6-30)23-20-16/h11-13,19,22,29-30H,1-10,14H2. The van der Waals surface area contributed by atoms with Crippen LogP contribution in [0.15, 0.2) is 24.3 Å². The molecule has 0 unspecified atom stereocenters. The summed E-state index contributed by atoms with van der Waals surface area (Å²) in [6.45, 7) is 2.57. The number of ether oxygens (including phenoxy) is 1. The zero-order valence-corrected chi connectivity index (χ0v) is 17.3. The number of β-amino-alcohol motifs (C(OH)–C–C–N with tert-alkyl or cyclic N) is 1. The summed E-state index contributed by atoms with van der Waals surface area (Å²) in [4.78, 5) is 2.11. The van der Waals surface area contributed by atoms with Crippen LogP contribution in [0.25, 0.3) is 0 Å². The normalized spacial score (nSPS) is 13.8. The molecule has 1 aliphatic heterocycles. The van der Waals surface area contributed by atoms with Gasteiger partial charge >= 0.3 is 0 Å². The largest absolute Gasteiger partial charge is 0.394 e. The number of nitrogens with one attached hydrogen (secondary N) is 2. The van der Waals surface area contributed by atoms with Crippen molar-refractivity contribution in [3.63, 3.8) is 0 Å². The minimum absolute atomic E-state index is 0.00775. The summed E-state index contributed by atoms with van der Waals surface area (Å²) in [7, 11) is 0. The van der Waals surface area contributed by atoms with Gasteiger partial charge in [0.05, 0.1) is 62.9 Å². The molecule has 0 aromatic carbocycles. The molecule has 4 N–H and O–H groups in total. The Kier molecular flexibility index (Phi) is 9.11. The Hall–Kier alpha value is -2.65. The van der Waals surface area contributed by atoms with E-state index in [2.05, 4.69) is 36.5 Å². The van der Waals surface area contributed by atoms with Crippen LogP contribution >= 0.6 is 0 Å². The summed E-state index contributed by atoms with van der Waals surface area (Å²) in [5, 5.41) is 36.3. The Labute approximate surface area is 179 Å². The molecule has 0 bridgehead atoms. The topological polar surface area (TPSA) is 142 Å². The highest BCUT2D eigenvalue weighted by Gasteiger charge is 2.17. The van der Waals surface area contributed by atoms with Crippen LogP contribution < -0.4 is 11.0 Å². The number of aromatic nitrogens is 6. The van der Waals surface area contributed by atoms with Crippen molar-refractivity contribution >= 4 is 0 Å². The van der Waals surface area contributed by atoms with Gasteiger partial charge in [-0.05, 0) is 6.42 Å². The third kappa shape index (κ3) is 7.52. The van der Waals surface area contributed by atoms with Crippen molar-refractivity contribution in [2.45, 2.75) is 32.8 Å². The van der Waals surface area contributed by atoms with E-state index in [1.54, 1.807) is 26.8 Å². The Morgan fingerprint density at radius 2 is 1.71 bits per heavy atom. The maximum absolute atomic E-state index is 12.2. The number of nitrogens with zero attached hydrogens (tertiary/aromatic N) is 8. The van der Waals surface area contributed by atoms with Gasteiger partial charge in [0, 0.05) is 32.0 Å². The van der Waals surface area contributed by atoms with Gasteiger partial charge in [-0.2, -0.15) is 0 Å². The molecule has 172 valence electrons. The molecule has 31 heavy (non-hydrogen) atoms. The molecular weight excluding hydrogens is 411 g/mol. The molecule has 3 heterocycles. The molecule has 2 aromatic rings. The Balaban J connectivity index is 1.62. The fourth-order valence-corrected chi connectivity index (χ4v) is 2.98. The van der Waals surface area contributed by atoms with Crippen LogP contribution in [0.1, 0.15) is 17.8 Å². The van der Waals surface area contributed by atoms with Crippen LogP contribution in [-0.4, -0.2) is 89.7 Å². The molecule has 0 saturated carbocycles. The third-order valence-electron chi connectivity index (χ3n) is 4.32. The molecule has 14 heteroatoms. The number of halogens is 1. The van der Waals surface area contributed by atoms with E-state index >= 15 is 0 Å². The van der Waals surface area contributed by atoms with E-state index in [9.17, 15) is 4.39 Å². The van der Waals surface area contributed by atoms with Gasteiger partial charge in [-0.25, -0.2) is 9.36 Å². The second-order valence-electron chi connectivity index (χ2n) is 6.98. The van der Waals surface area contributed by atoms with Crippen molar-refractivity contribution in [1.82, 2.24) is 50.9 Å². The Morgan fingerprint density at radius 3 is 2.42 bits per heavy atom. The van der Waals surface area contributed by atoms with E-state index < -0.39 is 6.67 Å². The first kappa shape index (κ1) is 23.0. The molecule has 3 rings (SSSR count). The molecule has 0 amide bonds. The quantitative estimate of drug-likeness (QED) is 0.237. The van der Waals surface area contributed by atoms with Crippen molar-refractivity contribution in [2.75, 3.05) is 39.6 Å². The first-order valence-corrected chi connectivity index (χ1v) is 10.0. The van der Waals surface area contributed by atoms with Crippen LogP contribution in [0, 0.1) is 0 Å². The maximum Gasteiger partial charge on any atom is 0.141 e. The number of hydrogen-bond acceptors (Lipinski definition) is 11. The lowest BCUT2D eigenvalue weighted by Crippen LogP contribution is -2.39. The van der Waals surface area contributed by atoms with E-state index in [0.29, 0.717) is 45.8 Å². The van der Waals surface area contributed by atoms with Crippen LogP contribution in [0.5, 0.6) is 0 Å². The Bertz CT molecular complexity index is 814. The average molecular weight is 440 g/mol. The first-order valence-electron chi connectivity index (χ1n) is 10.0. The lowest BCUT2D eigenvalue weighted by atomic mass is 10.3. The molecule has 0 atom stereocenters. The number of hydrogen-bond donors (Lipinski definition) is 4. The van der Waals surface area contributed by atoms with Gasteiger partial charge in [-0.3, -0.25) is 14.3 Å². The predicted molar refractivity (Wildman–Crippen MR) is 106 cm³/mol. The summed E-state index contributed by atoms with van der Waals surface area (Å²) in [6.07, 6.45) is 5.83. The molecular formula is C17H29FN10O3. The molecule has 1 aliphatic rings. The summed E-state index contributed by atoms with van der Waals surface area (Å²) in [6, 6.07) is 0. The molecule has 2 aromatic heterocycles. The van der Waals surface area contributed by atoms with Crippen LogP contribution in [0.4, 0.5) is 4.39 Å². The van der Waals surface area contributed by atoms with E-state index in [4.69, 9.17) is 14.9 Å². The van der Waals surface area contributed by atoms with Gasteiger partial charge in [0.25, 0.3) is 0 Å². The molecule has 0 radical (unpaired) electrons. The van der Waals surface area contributed by atoms with Crippen molar-refractivity contribution in [2.24, 2.45) is 0 Å². The maximum atomic E-state index is 12.2. The number of alkyl halides is 1. The zero-order chi connectivity index (χ0) is 21.9. The SMILES string of the molecule is OCCN1C=C(CN(Cc2cn(CCO)nn2)Cc2cn(COCCCF)nn2)NN1. The van der Waals surface area contributed by atoms with Crippen molar-refractivity contribution in [1.29, 1.82) is 0 Å². The van der Waals surface area contributed by atoms with Gasteiger partial charge in [0.2, 0.25) is 0 Å². The van der Waals surface area contributed by atoms with E-state index in [1.165, 1.54) is 0 Å². The van der Waals surface area contributed by atoms with Gasteiger partial charge in [-0.15, -0.1) is 15.7 Å². The van der Waals surface area contributed by atoms with Crippen LogP contribution in [-0.2, 0) is 31.1 Å². The van der Waals surface area contributed by atoms with Crippen molar-refractivity contribution < 1.29 is 19.3 Å². The zero-order valence-electron chi connectivity index (χ0n) is 17.3. The molecule has 13 nitrogen and oxygen atoms in total. The highest BCUT2D eigenvalue weighted by atomic mass is 19.1. The van der Waals surface area contributed by atoms with Gasteiger partial charge in [0.15, 0.2) is 0 Å². The van der Waals surface area contributed by atoms with Crippen molar-refractivity contribution in [3.05, 3.63) is 35.7 Å². The average Bonchev–Trinajstić information content (AvgIpc) is 3.49. The highest BCUT2D eigenvalue weighted by molar-refractivity contribution is 5.06. The number of rotatable bonds is 15. The summed E-state index contributed by atoms with van der Waals surface area (Å²) >= 11 is 0. The summed E-state index contributed by atoms with van der Waals surface area (Å²) in [5.41, 5.74) is 8.47. The van der Waals surface area contributed by atoms with E-state index in [1.807, 2.05) is 6.20 Å². The highest BCUT2D eigenvalue weighted by Crippen LogP contribution is 2.10.